The van der Waals surface area contributed by atoms with Crippen LogP contribution in [-0.2, 0) is 6.54 Å². The third-order valence-corrected chi connectivity index (χ3v) is 5.24. The lowest BCUT2D eigenvalue weighted by atomic mass is 10.2. The molecule has 8 heteroatoms. The van der Waals surface area contributed by atoms with Gasteiger partial charge in [0.05, 0.1) is 10.2 Å². The van der Waals surface area contributed by atoms with Crippen molar-refractivity contribution in [3.63, 3.8) is 0 Å². The molecule has 0 aliphatic carbocycles. The van der Waals surface area contributed by atoms with E-state index in [0.717, 1.165) is 17.4 Å². The van der Waals surface area contributed by atoms with E-state index in [1.54, 1.807) is 24.3 Å². The molecule has 2 aromatic heterocycles. The number of carbonyl (C=O) groups excluding carboxylic acids is 1. The average molecular weight is 400 g/mol. The molecule has 2 aromatic carbocycles. The van der Waals surface area contributed by atoms with E-state index in [2.05, 4.69) is 4.99 Å². The first kappa shape index (κ1) is 18.2. The van der Waals surface area contributed by atoms with Crippen LogP contribution in [0, 0.1) is 11.6 Å². The molecule has 0 spiro atoms. The summed E-state index contributed by atoms with van der Waals surface area (Å²) in [7, 11) is 0. The van der Waals surface area contributed by atoms with Gasteiger partial charge in [-0.2, -0.15) is 4.99 Å². The SMILES string of the molecule is CCCn1c(=NC(=O)c2cc3ccccc3oc2=O)sc2cc(F)cc(F)c21. The first-order valence-electron chi connectivity index (χ1n) is 8.58. The van der Waals surface area contributed by atoms with Crippen molar-refractivity contribution in [3.05, 3.63) is 74.9 Å². The van der Waals surface area contributed by atoms with Gasteiger partial charge in [0, 0.05) is 18.0 Å². The highest BCUT2D eigenvalue weighted by Gasteiger charge is 2.16. The van der Waals surface area contributed by atoms with Crippen molar-refractivity contribution in [2.75, 3.05) is 0 Å². The highest BCUT2D eigenvalue weighted by molar-refractivity contribution is 7.16. The molecule has 0 aliphatic heterocycles. The molecule has 0 radical (unpaired) electrons. The number of aromatic nitrogens is 1. The highest BCUT2D eigenvalue weighted by atomic mass is 32.1. The zero-order valence-electron chi connectivity index (χ0n) is 14.7. The summed E-state index contributed by atoms with van der Waals surface area (Å²) in [6, 6.07) is 10.2. The third kappa shape index (κ3) is 3.16. The van der Waals surface area contributed by atoms with Crippen molar-refractivity contribution in [2.24, 2.45) is 4.99 Å². The number of benzene rings is 2. The van der Waals surface area contributed by atoms with E-state index >= 15 is 0 Å². The molecule has 1 amide bonds. The van der Waals surface area contributed by atoms with Crippen molar-refractivity contribution >= 4 is 38.4 Å². The molecule has 4 aromatic rings. The van der Waals surface area contributed by atoms with Gasteiger partial charge in [-0.15, -0.1) is 0 Å². The number of halogens is 2. The third-order valence-electron chi connectivity index (χ3n) is 4.21. The standard InChI is InChI=1S/C20H14F2N2O3S/c1-2-7-24-17-14(22)9-12(21)10-16(17)28-20(24)23-18(25)13-8-11-5-3-4-6-15(11)27-19(13)26/h3-6,8-10H,2,7H2,1H3. The molecule has 5 nitrogen and oxygen atoms in total. The van der Waals surface area contributed by atoms with Crippen LogP contribution in [0.15, 0.2) is 56.7 Å². The molecule has 0 aliphatic rings. The molecule has 28 heavy (non-hydrogen) atoms. The number of para-hydroxylation sites is 1. The summed E-state index contributed by atoms with van der Waals surface area (Å²) in [5.41, 5.74) is -0.464. The number of thiazole rings is 1. The van der Waals surface area contributed by atoms with Gasteiger partial charge in [0.2, 0.25) is 0 Å². The van der Waals surface area contributed by atoms with Gasteiger partial charge in [-0.25, -0.2) is 13.6 Å². The van der Waals surface area contributed by atoms with Crippen LogP contribution in [0.5, 0.6) is 0 Å². The van der Waals surface area contributed by atoms with E-state index in [0.29, 0.717) is 28.6 Å². The van der Waals surface area contributed by atoms with Crippen molar-refractivity contribution in [1.29, 1.82) is 0 Å². The first-order valence-corrected chi connectivity index (χ1v) is 9.40. The van der Waals surface area contributed by atoms with Gasteiger partial charge in [-0.3, -0.25) is 4.79 Å². The number of fused-ring (bicyclic) bond motifs is 2. The van der Waals surface area contributed by atoms with Crippen LogP contribution in [0.3, 0.4) is 0 Å². The summed E-state index contributed by atoms with van der Waals surface area (Å²) < 4.78 is 34.9. The van der Waals surface area contributed by atoms with Crippen LogP contribution in [0.4, 0.5) is 8.78 Å². The van der Waals surface area contributed by atoms with Crippen molar-refractivity contribution in [3.8, 4) is 0 Å². The van der Waals surface area contributed by atoms with E-state index in [1.165, 1.54) is 16.7 Å². The molecule has 2 heterocycles. The van der Waals surface area contributed by atoms with Gasteiger partial charge in [-0.1, -0.05) is 36.5 Å². The van der Waals surface area contributed by atoms with E-state index in [-0.39, 0.29) is 15.9 Å². The van der Waals surface area contributed by atoms with Crippen molar-refractivity contribution < 1.29 is 18.0 Å². The summed E-state index contributed by atoms with van der Waals surface area (Å²) >= 11 is 0.987. The minimum Gasteiger partial charge on any atom is -0.422 e. The molecule has 0 atom stereocenters. The highest BCUT2D eigenvalue weighted by Crippen LogP contribution is 2.22. The maximum atomic E-state index is 14.3. The van der Waals surface area contributed by atoms with Crippen molar-refractivity contribution in [1.82, 2.24) is 4.57 Å². The van der Waals surface area contributed by atoms with Crippen LogP contribution >= 0.6 is 11.3 Å². The van der Waals surface area contributed by atoms with Crippen molar-refractivity contribution in [2.45, 2.75) is 19.9 Å². The molecule has 0 fully saturated rings. The second-order valence-electron chi connectivity index (χ2n) is 6.17. The predicted molar refractivity (Wildman–Crippen MR) is 102 cm³/mol. The maximum Gasteiger partial charge on any atom is 0.349 e. The topological polar surface area (TPSA) is 64.6 Å². The van der Waals surface area contributed by atoms with Crippen LogP contribution in [0.1, 0.15) is 23.7 Å². The Kier molecular flexibility index (Phi) is 4.64. The molecule has 0 N–H and O–H groups in total. The number of hydrogen-bond donors (Lipinski definition) is 0. The number of amides is 1. The summed E-state index contributed by atoms with van der Waals surface area (Å²) in [5, 5.41) is 0.589. The molecule has 0 unspecified atom stereocenters. The van der Waals surface area contributed by atoms with E-state index < -0.39 is 23.2 Å². The maximum absolute atomic E-state index is 14.3. The van der Waals surface area contributed by atoms with Crippen LogP contribution in [-0.4, -0.2) is 10.5 Å². The fraction of sp³-hybridized carbons (Fsp3) is 0.150. The zero-order valence-corrected chi connectivity index (χ0v) is 15.6. The Labute approximate surface area is 161 Å². The van der Waals surface area contributed by atoms with Gasteiger partial charge in [0.15, 0.2) is 10.6 Å². The van der Waals surface area contributed by atoms with E-state index in [9.17, 15) is 18.4 Å². The molecule has 142 valence electrons. The molecule has 0 bridgehead atoms. The Morgan fingerprint density at radius 3 is 2.79 bits per heavy atom. The normalized spacial score (nSPS) is 12.2. The molecule has 0 saturated carbocycles. The zero-order chi connectivity index (χ0) is 19.8. The fourth-order valence-electron chi connectivity index (χ4n) is 3.00. The van der Waals surface area contributed by atoms with Gasteiger partial charge < -0.3 is 8.98 Å². The number of aryl methyl sites for hydroxylation is 1. The van der Waals surface area contributed by atoms with E-state index in [4.69, 9.17) is 4.42 Å². The number of rotatable bonds is 3. The Morgan fingerprint density at radius 1 is 1.21 bits per heavy atom. The van der Waals surface area contributed by atoms with Crippen LogP contribution in [0.25, 0.3) is 21.2 Å². The molecule has 0 saturated heterocycles. The predicted octanol–water partition coefficient (Wildman–Crippen LogP) is 4.24. The van der Waals surface area contributed by atoms with Gasteiger partial charge in [0.1, 0.15) is 17.0 Å². The second kappa shape index (κ2) is 7.12. The molecule has 4 rings (SSSR count). The number of nitrogens with zero attached hydrogens (tertiary/aromatic N) is 2. The minimum atomic E-state index is -0.798. The Morgan fingerprint density at radius 2 is 2.00 bits per heavy atom. The van der Waals surface area contributed by atoms with Gasteiger partial charge in [0.25, 0.3) is 5.91 Å². The van der Waals surface area contributed by atoms with Gasteiger partial charge >= 0.3 is 5.63 Å². The molecular weight excluding hydrogens is 386 g/mol. The summed E-state index contributed by atoms with van der Waals surface area (Å²) in [6.07, 6.45) is 0.655. The fourth-order valence-corrected chi connectivity index (χ4v) is 4.10. The Hall–Kier alpha value is -3.13. The Bertz CT molecular complexity index is 1350. The summed E-state index contributed by atoms with van der Waals surface area (Å²) in [5.74, 6) is -2.22. The Balaban J connectivity index is 1.91. The summed E-state index contributed by atoms with van der Waals surface area (Å²) in [6.45, 7) is 2.28. The van der Waals surface area contributed by atoms with Gasteiger partial charge in [-0.05, 0) is 24.6 Å². The monoisotopic (exact) mass is 400 g/mol. The number of carbonyl (C=O) groups is 1. The minimum absolute atomic E-state index is 0.186. The quantitative estimate of drug-likeness (QED) is 0.483. The number of hydrogen-bond acceptors (Lipinski definition) is 4. The molecular formula is C20H14F2N2O3S. The summed E-state index contributed by atoms with van der Waals surface area (Å²) in [4.78, 5) is 29.1. The average Bonchev–Trinajstić information content (AvgIpc) is 2.98. The lowest BCUT2D eigenvalue weighted by Crippen LogP contribution is -2.20. The van der Waals surface area contributed by atoms with Crippen LogP contribution in [0.2, 0.25) is 0 Å². The smallest absolute Gasteiger partial charge is 0.349 e. The lowest BCUT2D eigenvalue weighted by molar-refractivity contribution is 0.0994. The lowest BCUT2D eigenvalue weighted by Gasteiger charge is -2.03. The van der Waals surface area contributed by atoms with Crippen LogP contribution < -0.4 is 10.4 Å². The first-order chi connectivity index (χ1) is 13.5. The second-order valence-corrected chi connectivity index (χ2v) is 7.18. The largest absolute Gasteiger partial charge is 0.422 e. The van der Waals surface area contributed by atoms with E-state index in [1.807, 2.05) is 6.92 Å².